The van der Waals surface area contributed by atoms with E-state index in [2.05, 4.69) is 11.9 Å². The molecule has 0 amide bonds. The molecule has 0 aliphatic carbocycles. The fraction of sp³-hybridized carbons (Fsp3) is 0.750. The van der Waals surface area contributed by atoms with E-state index in [9.17, 15) is 4.79 Å². The standard InChI is InChI=1S/C16H28N2O2/c1-3-4-5-6-7-8-9-10-11-12-15-17-14(2)13-18(15)16(19)20/h13H,3-12H2,1-2H3,(H,19,20). The Hall–Kier alpha value is -1.32. The van der Waals surface area contributed by atoms with Crippen molar-refractivity contribution < 1.29 is 9.90 Å². The third kappa shape index (κ3) is 6.22. The van der Waals surface area contributed by atoms with Gasteiger partial charge in [0.1, 0.15) is 5.82 Å². The maximum absolute atomic E-state index is 11.0. The molecule has 0 spiro atoms. The lowest BCUT2D eigenvalue weighted by Gasteiger charge is -2.03. The fourth-order valence-electron chi connectivity index (χ4n) is 2.48. The first-order chi connectivity index (χ1) is 9.65. The highest BCUT2D eigenvalue weighted by molar-refractivity contribution is 5.68. The summed E-state index contributed by atoms with van der Waals surface area (Å²) in [6, 6.07) is 0. The van der Waals surface area contributed by atoms with E-state index in [4.69, 9.17) is 5.11 Å². The minimum Gasteiger partial charge on any atom is -0.464 e. The van der Waals surface area contributed by atoms with Crippen molar-refractivity contribution in [2.75, 3.05) is 0 Å². The van der Waals surface area contributed by atoms with Gasteiger partial charge >= 0.3 is 6.09 Å². The molecule has 0 bridgehead atoms. The monoisotopic (exact) mass is 280 g/mol. The van der Waals surface area contributed by atoms with Crippen molar-refractivity contribution in [1.29, 1.82) is 0 Å². The maximum Gasteiger partial charge on any atom is 0.417 e. The quantitative estimate of drug-likeness (QED) is 0.627. The van der Waals surface area contributed by atoms with E-state index in [1.54, 1.807) is 6.20 Å². The summed E-state index contributed by atoms with van der Waals surface area (Å²) in [6.07, 6.45) is 12.9. The molecule has 114 valence electrons. The summed E-state index contributed by atoms with van der Waals surface area (Å²) in [6.45, 7) is 4.07. The van der Waals surface area contributed by atoms with Crippen LogP contribution in [-0.4, -0.2) is 20.8 Å². The van der Waals surface area contributed by atoms with Gasteiger partial charge in [0.05, 0.1) is 5.69 Å². The van der Waals surface area contributed by atoms with Gasteiger partial charge in [-0.3, -0.25) is 0 Å². The van der Waals surface area contributed by atoms with Crippen LogP contribution in [-0.2, 0) is 6.42 Å². The average molecular weight is 280 g/mol. The molecule has 4 heteroatoms. The number of carbonyl (C=O) groups is 1. The molecule has 0 fully saturated rings. The molecule has 0 radical (unpaired) electrons. The van der Waals surface area contributed by atoms with Gasteiger partial charge in [-0.15, -0.1) is 0 Å². The molecule has 0 aliphatic heterocycles. The van der Waals surface area contributed by atoms with E-state index in [0.29, 0.717) is 5.82 Å². The maximum atomic E-state index is 11.0. The van der Waals surface area contributed by atoms with Crippen LogP contribution < -0.4 is 0 Å². The summed E-state index contributed by atoms with van der Waals surface area (Å²) >= 11 is 0. The third-order valence-electron chi connectivity index (χ3n) is 3.61. The van der Waals surface area contributed by atoms with Crippen LogP contribution in [0.15, 0.2) is 6.20 Å². The van der Waals surface area contributed by atoms with Gasteiger partial charge in [0.25, 0.3) is 0 Å². The summed E-state index contributed by atoms with van der Waals surface area (Å²) in [7, 11) is 0. The minimum atomic E-state index is -0.934. The average Bonchev–Trinajstić information content (AvgIpc) is 2.78. The molecule has 1 rings (SSSR count). The highest BCUT2D eigenvalue weighted by Gasteiger charge is 2.10. The number of aromatic nitrogens is 2. The normalized spacial score (nSPS) is 10.9. The molecule has 1 aromatic heterocycles. The highest BCUT2D eigenvalue weighted by atomic mass is 16.4. The second-order valence-electron chi connectivity index (χ2n) is 5.53. The lowest BCUT2D eigenvalue weighted by Crippen LogP contribution is -2.11. The van der Waals surface area contributed by atoms with Gasteiger partial charge < -0.3 is 5.11 Å². The zero-order valence-corrected chi connectivity index (χ0v) is 12.9. The van der Waals surface area contributed by atoms with Gasteiger partial charge in [0.2, 0.25) is 0 Å². The molecule has 20 heavy (non-hydrogen) atoms. The molecule has 0 aliphatic rings. The zero-order chi connectivity index (χ0) is 14.8. The van der Waals surface area contributed by atoms with E-state index >= 15 is 0 Å². The van der Waals surface area contributed by atoms with Crippen molar-refractivity contribution in [2.45, 2.75) is 78.1 Å². The van der Waals surface area contributed by atoms with Crippen molar-refractivity contribution in [2.24, 2.45) is 0 Å². The lowest BCUT2D eigenvalue weighted by molar-refractivity contribution is 0.195. The Morgan fingerprint density at radius 2 is 1.65 bits per heavy atom. The van der Waals surface area contributed by atoms with E-state index in [1.165, 1.54) is 55.9 Å². The van der Waals surface area contributed by atoms with Crippen LogP contribution in [0.1, 0.15) is 76.2 Å². The molecule has 0 saturated heterocycles. The predicted molar refractivity (Wildman–Crippen MR) is 81.3 cm³/mol. The Morgan fingerprint density at radius 3 is 2.20 bits per heavy atom. The Labute approximate surface area is 122 Å². The van der Waals surface area contributed by atoms with Crippen molar-refractivity contribution >= 4 is 6.09 Å². The largest absolute Gasteiger partial charge is 0.464 e. The highest BCUT2D eigenvalue weighted by Crippen LogP contribution is 2.12. The summed E-state index contributed by atoms with van der Waals surface area (Å²) in [5, 5.41) is 9.05. The van der Waals surface area contributed by atoms with Crippen LogP contribution in [0.2, 0.25) is 0 Å². The van der Waals surface area contributed by atoms with Gasteiger partial charge in [-0.1, -0.05) is 58.3 Å². The number of imidazole rings is 1. The third-order valence-corrected chi connectivity index (χ3v) is 3.61. The number of rotatable bonds is 10. The molecule has 0 aromatic carbocycles. The van der Waals surface area contributed by atoms with Crippen molar-refractivity contribution in [1.82, 2.24) is 9.55 Å². The number of hydrogen-bond acceptors (Lipinski definition) is 2. The second-order valence-corrected chi connectivity index (χ2v) is 5.53. The first-order valence-electron chi connectivity index (χ1n) is 7.93. The molecule has 0 unspecified atom stereocenters. The van der Waals surface area contributed by atoms with Crippen LogP contribution in [0, 0.1) is 6.92 Å². The summed E-state index contributed by atoms with van der Waals surface area (Å²) in [5.41, 5.74) is 0.776. The topological polar surface area (TPSA) is 55.1 Å². The second kappa shape index (κ2) is 9.56. The van der Waals surface area contributed by atoms with Gasteiger partial charge in [-0.2, -0.15) is 0 Å². The summed E-state index contributed by atoms with van der Waals surface area (Å²) < 4.78 is 1.25. The molecule has 1 aromatic rings. The van der Waals surface area contributed by atoms with E-state index in [1.807, 2.05) is 6.92 Å². The first kappa shape index (κ1) is 16.7. The van der Waals surface area contributed by atoms with Crippen molar-refractivity contribution in [3.05, 3.63) is 17.7 Å². The molecule has 1 heterocycles. The summed E-state index contributed by atoms with van der Waals surface area (Å²) in [5.74, 6) is 0.679. The number of carboxylic acid groups (broad SMARTS) is 1. The van der Waals surface area contributed by atoms with Crippen LogP contribution in [0.25, 0.3) is 0 Å². The van der Waals surface area contributed by atoms with Gasteiger partial charge in [0, 0.05) is 12.6 Å². The van der Waals surface area contributed by atoms with Crippen LogP contribution >= 0.6 is 0 Å². The lowest BCUT2D eigenvalue weighted by atomic mass is 10.1. The van der Waals surface area contributed by atoms with Crippen LogP contribution in [0.3, 0.4) is 0 Å². The zero-order valence-electron chi connectivity index (χ0n) is 12.9. The SMILES string of the molecule is CCCCCCCCCCCc1nc(C)cn1C(=O)O. The van der Waals surface area contributed by atoms with E-state index in [-0.39, 0.29) is 0 Å². The van der Waals surface area contributed by atoms with Crippen molar-refractivity contribution in [3.63, 3.8) is 0 Å². The molecular weight excluding hydrogens is 252 g/mol. The number of unbranched alkanes of at least 4 members (excludes halogenated alkanes) is 8. The first-order valence-corrected chi connectivity index (χ1v) is 7.93. The molecular formula is C16H28N2O2. The predicted octanol–water partition coefficient (Wildman–Crippen LogP) is 4.79. The van der Waals surface area contributed by atoms with Gasteiger partial charge in [0.15, 0.2) is 0 Å². The molecule has 1 N–H and O–H groups in total. The summed E-state index contributed by atoms with van der Waals surface area (Å²) in [4.78, 5) is 15.3. The number of nitrogens with zero attached hydrogens (tertiary/aromatic N) is 2. The fourth-order valence-corrected chi connectivity index (χ4v) is 2.48. The Morgan fingerprint density at radius 1 is 1.10 bits per heavy atom. The van der Waals surface area contributed by atoms with Gasteiger partial charge in [-0.25, -0.2) is 14.3 Å². The Kier molecular flexibility index (Phi) is 8.00. The van der Waals surface area contributed by atoms with Crippen LogP contribution in [0.5, 0.6) is 0 Å². The number of aryl methyl sites for hydroxylation is 2. The Balaban J connectivity index is 2.11. The smallest absolute Gasteiger partial charge is 0.417 e. The number of hydrogen-bond donors (Lipinski definition) is 1. The van der Waals surface area contributed by atoms with Crippen molar-refractivity contribution in [3.8, 4) is 0 Å². The molecule has 4 nitrogen and oxygen atoms in total. The van der Waals surface area contributed by atoms with Gasteiger partial charge in [-0.05, 0) is 13.3 Å². The molecule has 0 atom stereocenters. The van der Waals surface area contributed by atoms with Crippen LogP contribution in [0.4, 0.5) is 4.79 Å². The molecule has 0 saturated carbocycles. The van der Waals surface area contributed by atoms with E-state index in [0.717, 1.165) is 18.5 Å². The van der Waals surface area contributed by atoms with E-state index < -0.39 is 6.09 Å². The minimum absolute atomic E-state index is 0.679. The Bertz CT molecular complexity index is 399.